The van der Waals surface area contributed by atoms with Gasteiger partial charge in [-0.1, -0.05) is 18.2 Å². The van der Waals surface area contributed by atoms with Gasteiger partial charge in [0.1, 0.15) is 5.75 Å². The van der Waals surface area contributed by atoms with E-state index in [9.17, 15) is 4.79 Å². The Morgan fingerprint density at radius 1 is 1.42 bits per heavy atom. The third-order valence-corrected chi connectivity index (χ3v) is 4.03. The molecule has 1 amide bonds. The lowest BCUT2D eigenvalue weighted by Gasteiger charge is -2.20. The molecule has 2 aromatic rings. The first-order valence-corrected chi connectivity index (χ1v) is 7.19. The molecule has 0 spiro atoms. The zero-order chi connectivity index (χ0) is 13.2. The van der Waals surface area contributed by atoms with E-state index in [0.29, 0.717) is 13.0 Å². The van der Waals surface area contributed by atoms with Crippen molar-refractivity contribution in [3.05, 3.63) is 52.2 Å². The summed E-state index contributed by atoms with van der Waals surface area (Å²) >= 11 is 1.65. The second-order valence-corrected chi connectivity index (χ2v) is 5.52. The molecule has 0 unspecified atom stereocenters. The molecule has 3 rings (SSSR count). The van der Waals surface area contributed by atoms with Crippen LogP contribution in [0.5, 0.6) is 5.75 Å². The van der Waals surface area contributed by atoms with Crippen LogP contribution in [0, 0.1) is 0 Å². The Labute approximate surface area is 116 Å². The molecule has 0 saturated heterocycles. The highest BCUT2D eigenvalue weighted by atomic mass is 32.1. The van der Waals surface area contributed by atoms with Gasteiger partial charge in [0, 0.05) is 20.0 Å². The molecule has 98 valence electrons. The van der Waals surface area contributed by atoms with Crippen LogP contribution in [-0.2, 0) is 17.8 Å². The van der Waals surface area contributed by atoms with Crippen molar-refractivity contribution < 1.29 is 9.53 Å². The van der Waals surface area contributed by atoms with Crippen LogP contribution in [0.1, 0.15) is 11.1 Å². The molecule has 0 fully saturated rings. The lowest BCUT2D eigenvalue weighted by Crippen LogP contribution is -2.38. The lowest BCUT2D eigenvalue weighted by molar-refractivity contribution is -0.137. The summed E-state index contributed by atoms with van der Waals surface area (Å²) in [6, 6.07) is 9.88. The standard InChI is InChI=1S/C15H15NO2S/c1-16(9-11-6-7-19-10-11)15(17)14-8-12-4-2-3-5-13(12)18-14/h2-7,10,14H,8-9H2,1H3/t14-/m1/s1. The van der Waals surface area contributed by atoms with Gasteiger partial charge in [0.05, 0.1) is 0 Å². The highest BCUT2D eigenvalue weighted by Gasteiger charge is 2.30. The number of thiophene rings is 1. The second-order valence-electron chi connectivity index (χ2n) is 4.74. The van der Waals surface area contributed by atoms with Crippen molar-refractivity contribution in [3.8, 4) is 5.75 Å². The van der Waals surface area contributed by atoms with Gasteiger partial charge < -0.3 is 9.64 Å². The summed E-state index contributed by atoms with van der Waals surface area (Å²) < 4.78 is 5.72. The minimum absolute atomic E-state index is 0.0439. The summed E-state index contributed by atoms with van der Waals surface area (Å²) in [7, 11) is 1.83. The van der Waals surface area contributed by atoms with Crippen LogP contribution in [0.25, 0.3) is 0 Å². The average molecular weight is 273 g/mol. The topological polar surface area (TPSA) is 29.5 Å². The quantitative estimate of drug-likeness (QED) is 0.860. The van der Waals surface area contributed by atoms with E-state index in [1.807, 2.05) is 42.8 Å². The molecule has 1 aliphatic rings. The molecule has 19 heavy (non-hydrogen) atoms. The first-order chi connectivity index (χ1) is 9.24. The first kappa shape index (κ1) is 12.2. The number of amides is 1. The summed E-state index contributed by atoms with van der Waals surface area (Å²) in [6.07, 6.45) is 0.296. The fourth-order valence-corrected chi connectivity index (χ4v) is 2.96. The molecule has 0 saturated carbocycles. The summed E-state index contributed by atoms with van der Waals surface area (Å²) in [5.41, 5.74) is 2.28. The number of rotatable bonds is 3. The summed E-state index contributed by atoms with van der Waals surface area (Å²) in [5.74, 6) is 0.882. The van der Waals surface area contributed by atoms with E-state index < -0.39 is 0 Å². The summed E-state index contributed by atoms with van der Waals surface area (Å²) in [5, 5.41) is 4.09. The molecular formula is C15H15NO2S. The zero-order valence-electron chi connectivity index (χ0n) is 10.7. The third kappa shape index (κ3) is 2.49. The predicted octanol–water partition coefficient (Wildman–Crippen LogP) is 2.71. The van der Waals surface area contributed by atoms with Crippen molar-refractivity contribution in [2.75, 3.05) is 7.05 Å². The Balaban J connectivity index is 1.66. The van der Waals surface area contributed by atoms with E-state index in [2.05, 4.69) is 5.38 Å². The molecule has 3 nitrogen and oxygen atoms in total. The average Bonchev–Trinajstić information content (AvgIpc) is 3.05. The number of likely N-dealkylation sites (N-methyl/N-ethyl adjacent to an activating group) is 1. The molecule has 1 aromatic carbocycles. The predicted molar refractivity (Wildman–Crippen MR) is 75.4 cm³/mol. The van der Waals surface area contributed by atoms with Gasteiger partial charge >= 0.3 is 0 Å². The van der Waals surface area contributed by atoms with E-state index >= 15 is 0 Å². The van der Waals surface area contributed by atoms with Crippen LogP contribution in [0.15, 0.2) is 41.1 Å². The van der Waals surface area contributed by atoms with Crippen LogP contribution in [-0.4, -0.2) is 24.0 Å². The lowest BCUT2D eigenvalue weighted by atomic mass is 10.1. The van der Waals surface area contributed by atoms with Gasteiger partial charge in [0.25, 0.3) is 5.91 Å². The van der Waals surface area contributed by atoms with Crippen molar-refractivity contribution in [1.82, 2.24) is 4.90 Å². The number of nitrogens with zero attached hydrogens (tertiary/aromatic N) is 1. The van der Waals surface area contributed by atoms with Crippen LogP contribution < -0.4 is 4.74 Å². The molecule has 4 heteroatoms. The third-order valence-electron chi connectivity index (χ3n) is 3.30. The Morgan fingerprint density at radius 2 is 2.26 bits per heavy atom. The number of fused-ring (bicyclic) bond motifs is 1. The van der Waals surface area contributed by atoms with Crippen molar-refractivity contribution in [2.45, 2.75) is 19.1 Å². The van der Waals surface area contributed by atoms with Gasteiger partial charge in [-0.15, -0.1) is 0 Å². The van der Waals surface area contributed by atoms with Crippen molar-refractivity contribution in [2.24, 2.45) is 0 Å². The summed E-state index contributed by atoms with van der Waals surface area (Å²) in [6.45, 7) is 0.637. The number of ether oxygens (including phenoxy) is 1. The second kappa shape index (κ2) is 5.05. The Bertz CT molecular complexity index is 555. The Hall–Kier alpha value is -1.81. The van der Waals surface area contributed by atoms with Crippen molar-refractivity contribution >= 4 is 17.2 Å². The normalized spacial score (nSPS) is 16.8. The molecule has 1 aromatic heterocycles. The highest BCUT2D eigenvalue weighted by molar-refractivity contribution is 7.07. The fraction of sp³-hybridized carbons (Fsp3) is 0.267. The maximum absolute atomic E-state index is 12.3. The van der Waals surface area contributed by atoms with E-state index in [-0.39, 0.29) is 12.0 Å². The van der Waals surface area contributed by atoms with E-state index in [4.69, 9.17) is 4.74 Å². The number of hydrogen-bond acceptors (Lipinski definition) is 3. The molecule has 0 radical (unpaired) electrons. The number of hydrogen-bond donors (Lipinski definition) is 0. The van der Waals surface area contributed by atoms with Crippen LogP contribution >= 0.6 is 11.3 Å². The van der Waals surface area contributed by atoms with Crippen LogP contribution in [0.3, 0.4) is 0 Å². The van der Waals surface area contributed by atoms with Gasteiger partial charge in [-0.25, -0.2) is 0 Å². The number of carbonyl (C=O) groups is 1. The summed E-state index contributed by atoms with van der Waals surface area (Å²) in [4.78, 5) is 14.1. The molecule has 2 heterocycles. The SMILES string of the molecule is CN(Cc1ccsc1)C(=O)[C@H]1Cc2ccccc2O1. The first-order valence-electron chi connectivity index (χ1n) is 6.24. The van der Waals surface area contributed by atoms with Crippen LogP contribution in [0.2, 0.25) is 0 Å². The number of para-hydroxylation sites is 1. The van der Waals surface area contributed by atoms with Gasteiger partial charge in [-0.2, -0.15) is 11.3 Å². The zero-order valence-corrected chi connectivity index (χ0v) is 11.5. The van der Waals surface area contributed by atoms with Gasteiger partial charge in [-0.3, -0.25) is 4.79 Å². The molecule has 0 aliphatic carbocycles. The van der Waals surface area contributed by atoms with Crippen LogP contribution in [0.4, 0.5) is 0 Å². The van der Waals surface area contributed by atoms with Gasteiger partial charge in [-0.05, 0) is 34.0 Å². The van der Waals surface area contributed by atoms with E-state index in [0.717, 1.165) is 16.9 Å². The fourth-order valence-electron chi connectivity index (χ4n) is 2.30. The molecule has 1 aliphatic heterocycles. The largest absolute Gasteiger partial charge is 0.480 e. The van der Waals surface area contributed by atoms with Crippen molar-refractivity contribution in [3.63, 3.8) is 0 Å². The minimum atomic E-state index is -0.374. The minimum Gasteiger partial charge on any atom is -0.480 e. The maximum atomic E-state index is 12.3. The Kier molecular flexibility index (Phi) is 3.25. The monoisotopic (exact) mass is 273 g/mol. The van der Waals surface area contributed by atoms with Crippen molar-refractivity contribution in [1.29, 1.82) is 0 Å². The number of carbonyl (C=O) groups excluding carboxylic acids is 1. The molecule has 0 N–H and O–H groups in total. The van der Waals surface area contributed by atoms with E-state index in [1.165, 1.54) is 0 Å². The smallest absolute Gasteiger partial charge is 0.264 e. The van der Waals surface area contributed by atoms with Gasteiger partial charge in [0.15, 0.2) is 6.10 Å². The highest BCUT2D eigenvalue weighted by Crippen LogP contribution is 2.29. The van der Waals surface area contributed by atoms with Gasteiger partial charge in [0.2, 0.25) is 0 Å². The Morgan fingerprint density at radius 3 is 3.00 bits per heavy atom. The maximum Gasteiger partial charge on any atom is 0.264 e. The molecule has 0 bridgehead atoms. The number of benzene rings is 1. The molecule has 1 atom stereocenters. The van der Waals surface area contributed by atoms with E-state index in [1.54, 1.807) is 16.2 Å². The molecular weight excluding hydrogens is 258 g/mol.